The third-order valence-corrected chi connectivity index (χ3v) is 4.66. The molecule has 3 rings (SSSR count). The van der Waals surface area contributed by atoms with E-state index in [0.717, 1.165) is 23.1 Å². The second kappa shape index (κ2) is 9.42. The molecule has 0 radical (unpaired) electrons. The Hall–Kier alpha value is -2.79. The van der Waals surface area contributed by atoms with Crippen LogP contribution in [0.4, 0.5) is 0 Å². The van der Waals surface area contributed by atoms with Crippen molar-refractivity contribution in [1.82, 2.24) is 10.5 Å². The molecule has 0 fully saturated rings. The van der Waals surface area contributed by atoms with E-state index in [1.165, 1.54) is 5.57 Å². The number of nitrogens with zero attached hydrogens (tertiary/aromatic N) is 1. The molecule has 2 heterocycles. The summed E-state index contributed by atoms with van der Waals surface area (Å²) in [6, 6.07) is 9.38. The smallest absolute Gasteiger partial charge is 0.273 e. The van der Waals surface area contributed by atoms with E-state index >= 15 is 0 Å². The molecule has 0 aliphatic heterocycles. The van der Waals surface area contributed by atoms with Crippen molar-refractivity contribution < 1.29 is 13.7 Å². The predicted molar refractivity (Wildman–Crippen MR) is 109 cm³/mol. The van der Waals surface area contributed by atoms with E-state index in [2.05, 4.69) is 30.4 Å². The summed E-state index contributed by atoms with van der Waals surface area (Å²) in [4.78, 5) is 12.4. The quantitative estimate of drug-likeness (QED) is 0.549. The molecule has 0 aliphatic rings. The van der Waals surface area contributed by atoms with Crippen LogP contribution in [-0.2, 0) is 6.42 Å². The van der Waals surface area contributed by atoms with Crippen LogP contribution >= 0.6 is 11.6 Å². The van der Waals surface area contributed by atoms with Crippen molar-refractivity contribution in [1.29, 1.82) is 0 Å². The number of aromatic nitrogens is 1. The van der Waals surface area contributed by atoms with Crippen LogP contribution in [0.1, 0.15) is 52.7 Å². The molecule has 0 unspecified atom stereocenters. The fourth-order valence-electron chi connectivity index (χ4n) is 3.03. The lowest BCUT2D eigenvalue weighted by atomic mass is 9.97. The van der Waals surface area contributed by atoms with Gasteiger partial charge in [0, 0.05) is 24.1 Å². The number of carbonyl (C=O) groups is 1. The van der Waals surface area contributed by atoms with Crippen LogP contribution in [0, 0.1) is 6.92 Å². The molecule has 0 saturated carbocycles. The van der Waals surface area contributed by atoms with Gasteiger partial charge in [0.25, 0.3) is 5.91 Å². The van der Waals surface area contributed by atoms with E-state index in [4.69, 9.17) is 20.5 Å². The number of rotatable bonds is 8. The number of furan rings is 1. The van der Waals surface area contributed by atoms with Crippen molar-refractivity contribution in [3.05, 3.63) is 82.1 Å². The van der Waals surface area contributed by atoms with Gasteiger partial charge in [0.15, 0.2) is 5.69 Å². The van der Waals surface area contributed by atoms with Gasteiger partial charge in [-0.1, -0.05) is 35.8 Å². The Bertz CT molecular complexity index is 958. The second-order valence-corrected chi connectivity index (χ2v) is 7.03. The fourth-order valence-corrected chi connectivity index (χ4v) is 3.20. The van der Waals surface area contributed by atoms with Gasteiger partial charge in [-0.25, -0.2) is 0 Å². The van der Waals surface area contributed by atoms with Crippen LogP contribution in [-0.4, -0.2) is 17.6 Å². The number of carbonyl (C=O) groups excluding carboxylic acids is 1. The van der Waals surface area contributed by atoms with Crippen LogP contribution in [0.15, 0.2) is 57.9 Å². The second-order valence-electron chi connectivity index (χ2n) is 6.59. The molecule has 6 heteroatoms. The monoisotopic (exact) mass is 398 g/mol. The molecule has 5 nitrogen and oxygen atoms in total. The third-order valence-electron chi connectivity index (χ3n) is 4.43. The first kappa shape index (κ1) is 20.0. The molecule has 0 aliphatic carbocycles. The van der Waals surface area contributed by atoms with Crippen LogP contribution in [0.5, 0.6) is 0 Å². The van der Waals surface area contributed by atoms with Crippen LogP contribution in [0.25, 0.3) is 5.57 Å². The number of benzene rings is 1. The Morgan fingerprint density at radius 1 is 1.29 bits per heavy atom. The molecular formula is C22H23ClN2O3. The highest BCUT2D eigenvalue weighted by atomic mass is 35.5. The number of aryl methyl sites for hydroxylation is 1. The Labute approximate surface area is 169 Å². The normalized spacial score (nSPS) is 11.6. The summed E-state index contributed by atoms with van der Waals surface area (Å²) in [5.41, 5.74) is 4.69. The SMILES string of the molecule is CC/C=C(/CCNC(=O)c1cc(Cc2ccoc2)on1)c1cc(Cl)ccc1C. The van der Waals surface area contributed by atoms with Crippen LogP contribution in [0.3, 0.4) is 0 Å². The van der Waals surface area contributed by atoms with E-state index in [0.29, 0.717) is 30.2 Å². The minimum absolute atomic E-state index is 0.249. The molecule has 1 N–H and O–H groups in total. The number of hydrogen-bond donors (Lipinski definition) is 1. The van der Waals surface area contributed by atoms with Crippen molar-refractivity contribution in [3.8, 4) is 0 Å². The topological polar surface area (TPSA) is 68.3 Å². The Morgan fingerprint density at radius 2 is 2.14 bits per heavy atom. The van der Waals surface area contributed by atoms with Crippen molar-refractivity contribution in [3.63, 3.8) is 0 Å². The van der Waals surface area contributed by atoms with E-state index in [-0.39, 0.29) is 11.6 Å². The maximum Gasteiger partial charge on any atom is 0.273 e. The van der Waals surface area contributed by atoms with Gasteiger partial charge in [-0.3, -0.25) is 4.79 Å². The van der Waals surface area contributed by atoms with E-state index in [9.17, 15) is 4.79 Å². The van der Waals surface area contributed by atoms with Gasteiger partial charge in [-0.05, 0) is 60.2 Å². The molecule has 146 valence electrons. The number of halogens is 1. The summed E-state index contributed by atoms with van der Waals surface area (Å²) >= 11 is 6.16. The molecule has 28 heavy (non-hydrogen) atoms. The average molecular weight is 399 g/mol. The summed E-state index contributed by atoms with van der Waals surface area (Å²) < 4.78 is 10.3. The highest BCUT2D eigenvalue weighted by molar-refractivity contribution is 6.30. The molecule has 1 aromatic carbocycles. The van der Waals surface area contributed by atoms with Gasteiger partial charge in [-0.15, -0.1) is 0 Å². The highest BCUT2D eigenvalue weighted by Gasteiger charge is 2.14. The van der Waals surface area contributed by atoms with Gasteiger partial charge in [0.2, 0.25) is 0 Å². The van der Waals surface area contributed by atoms with Crippen LogP contribution < -0.4 is 5.32 Å². The number of allylic oxidation sites excluding steroid dienone is 1. The van der Waals surface area contributed by atoms with Gasteiger partial charge < -0.3 is 14.3 Å². The van der Waals surface area contributed by atoms with Gasteiger partial charge in [-0.2, -0.15) is 0 Å². The minimum Gasteiger partial charge on any atom is -0.472 e. The number of amides is 1. The summed E-state index contributed by atoms with van der Waals surface area (Å²) in [6.07, 6.45) is 7.57. The van der Waals surface area contributed by atoms with Crippen molar-refractivity contribution in [2.45, 2.75) is 33.1 Å². The lowest BCUT2D eigenvalue weighted by Crippen LogP contribution is -2.25. The Kier molecular flexibility index (Phi) is 6.71. The van der Waals surface area contributed by atoms with Crippen molar-refractivity contribution in [2.75, 3.05) is 6.54 Å². The van der Waals surface area contributed by atoms with Crippen LogP contribution in [0.2, 0.25) is 5.02 Å². The first-order chi connectivity index (χ1) is 13.6. The van der Waals surface area contributed by atoms with Gasteiger partial charge in [0.1, 0.15) is 5.76 Å². The van der Waals surface area contributed by atoms with E-state index < -0.39 is 0 Å². The highest BCUT2D eigenvalue weighted by Crippen LogP contribution is 2.25. The van der Waals surface area contributed by atoms with Gasteiger partial charge in [0.05, 0.1) is 12.5 Å². The summed E-state index contributed by atoms with van der Waals surface area (Å²) in [6.45, 7) is 4.65. The summed E-state index contributed by atoms with van der Waals surface area (Å²) in [7, 11) is 0. The molecule has 3 aromatic rings. The molecule has 0 atom stereocenters. The summed E-state index contributed by atoms with van der Waals surface area (Å²) in [5.74, 6) is 0.369. The number of hydrogen-bond acceptors (Lipinski definition) is 4. The maximum absolute atomic E-state index is 12.4. The molecule has 0 bridgehead atoms. The molecule has 1 amide bonds. The van der Waals surface area contributed by atoms with E-state index in [1.807, 2.05) is 24.3 Å². The standard InChI is InChI=1S/C22H23ClN2O3/c1-3-4-17(20-12-18(23)6-5-15(20)2)7-9-24-22(26)21-13-19(28-25-21)11-16-8-10-27-14-16/h4-6,8,10,12-14H,3,7,9,11H2,1-2H3,(H,24,26)/b17-4-. The summed E-state index contributed by atoms with van der Waals surface area (Å²) in [5, 5.41) is 7.48. The predicted octanol–water partition coefficient (Wildman–Crippen LogP) is 5.43. The van der Waals surface area contributed by atoms with Gasteiger partial charge >= 0.3 is 0 Å². The van der Waals surface area contributed by atoms with Crippen molar-refractivity contribution in [2.24, 2.45) is 0 Å². The maximum atomic E-state index is 12.4. The largest absolute Gasteiger partial charge is 0.472 e. The Balaban J connectivity index is 1.58. The lowest BCUT2D eigenvalue weighted by molar-refractivity contribution is 0.0945. The van der Waals surface area contributed by atoms with E-state index in [1.54, 1.807) is 18.6 Å². The molecule has 0 saturated heterocycles. The first-order valence-corrected chi connectivity index (χ1v) is 9.65. The van der Waals surface area contributed by atoms with Crippen molar-refractivity contribution >= 4 is 23.1 Å². The minimum atomic E-state index is -0.249. The zero-order chi connectivity index (χ0) is 19.9. The third kappa shape index (κ3) is 5.14. The number of nitrogens with one attached hydrogen (secondary N) is 1. The zero-order valence-electron chi connectivity index (χ0n) is 16.0. The fraction of sp³-hybridized carbons (Fsp3) is 0.273. The zero-order valence-corrected chi connectivity index (χ0v) is 16.8. The first-order valence-electron chi connectivity index (χ1n) is 9.27. The Morgan fingerprint density at radius 3 is 2.89 bits per heavy atom. The molecule has 0 spiro atoms. The molecular weight excluding hydrogens is 376 g/mol. The molecule has 2 aromatic heterocycles. The lowest BCUT2D eigenvalue weighted by Gasteiger charge is -2.12. The average Bonchev–Trinajstić information content (AvgIpc) is 3.35.